The second-order valence-electron chi connectivity index (χ2n) is 3.47. The second kappa shape index (κ2) is 2.61. The molecule has 0 amide bonds. The van der Waals surface area contributed by atoms with Gasteiger partial charge >= 0.3 is 0 Å². The van der Waals surface area contributed by atoms with Crippen molar-refractivity contribution in [3.8, 4) is 0 Å². The zero-order chi connectivity index (χ0) is 6.97. The fourth-order valence-electron chi connectivity index (χ4n) is 1.90. The van der Waals surface area contributed by atoms with Crippen LogP contribution in [0.1, 0.15) is 19.8 Å². The topological polar surface area (TPSA) is 0 Å². The Labute approximate surface area is 67.1 Å². The van der Waals surface area contributed by atoms with E-state index in [1.165, 1.54) is 18.6 Å². The van der Waals surface area contributed by atoms with Crippen LogP contribution >= 0.6 is 11.8 Å². The maximum atomic E-state index is 2.42. The van der Waals surface area contributed by atoms with Crippen LogP contribution in [0.15, 0.2) is 12.2 Å². The molecule has 0 nitrogen and oxygen atoms in total. The molecule has 0 aromatic rings. The number of thioether (sulfide) groups is 1. The van der Waals surface area contributed by atoms with E-state index in [1.54, 1.807) is 0 Å². The van der Waals surface area contributed by atoms with E-state index in [0.29, 0.717) is 0 Å². The summed E-state index contributed by atoms with van der Waals surface area (Å²) in [5.74, 6) is 3.32. The minimum Gasteiger partial charge on any atom is -0.158 e. The standard InChI is InChI=1S/C9H14S/c1-7-9-4-2-3-8(5-9)6-10-7/h2,4,7-9H,3,5-6H2,1H3/t7-,8?,9?/m0/s1. The first-order valence-electron chi connectivity index (χ1n) is 4.14. The average molecular weight is 154 g/mol. The number of fused-ring (bicyclic) bond motifs is 2. The van der Waals surface area contributed by atoms with Crippen molar-refractivity contribution in [2.45, 2.75) is 25.0 Å². The molecule has 0 N–H and O–H groups in total. The van der Waals surface area contributed by atoms with E-state index in [-0.39, 0.29) is 0 Å². The van der Waals surface area contributed by atoms with Crippen LogP contribution in [0.25, 0.3) is 0 Å². The lowest BCUT2D eigenvalue weighted by Crippen LogP contribution is -2.26. The van der Waals surface area contributed by atoms with Crippen LogP contribution in [0.2, 0.25) is 0 Å². The Kier molecular flexibility index (Phi) is 1.77. The summed E-state index contributed by atoms with van der Waals surface area (Å²) in [6, 6.07) is 0. The molecule has 1 saturated heterocycles. The molecule has 1 aliphatic heterocycles. The smallest absolute Gasteiger partial charge is 0.00817 e. The molecular weight excluding hydrogens is 140 g/mol. The highest BCUT2D eigenvalue weighted by Crippen LogP contribution is 2.39. The Morgan fingerprint density at radius 2 is 2.40 bits per heavy atom. The van der Waals surface area contributed by atoms with Gasteiger partial charge in [-0.1, -0.05) is 19.1 Å². The fourth-order valence-corrected chi connectivity index (χ4v) is 3.20. The largest absolute Gasteiger partial charge is 0.158 e. The summed E-state index contributed by atoms with van der Waals surface area (Å²) >= 11 is 2.16. The molecule has 0 spiro atoms. The van der Waals surface area contributed by atoms with Crippen LogP contribution in [0.5, 0.6) is 0 Å². The van der Waals surface area contributed by atoms with Crippen molar-refractivity contribution < 1.29 is 0 Å². The van der Waals surface area contributed by atoms with Crippen LogP contribution in [0, 0.1) is 11.8 Å². The van der Waals surface area contributed by atoms with Gasteiger partial charge in [0.1, 0.15) is 0 Å². The number of rotatable bonds is 0. The summed E-state index contributed by atoms with van der Waals surface area (Å²) in [4.78, 5) is 0. The first kappa shape index (κ1) is 6.78. The van der Waals surface area contributed by atoms with Crippen molar-refractivity contribution in [2.75, 3.05) is 5.75 Å². The van der Waals surface area contributed by atoms with Crippen LogP contribution in [0.4, 0.5) is 0 Å². The summed E-state index contributed by atoms with van der Waals surface area (Å²) in [5, 5.41) is 0.882. The van der Waals surface area contributed by atoms with Gasteiger partial charge < -0.3 is 0 Å². The molecule has 2 aliphatic rings. The summed E-state index contributed by atoms with van der Waals surface area (Å²) in [6.45, 7) is 2.36. The Balaban J connectivity index is 2.12. The lowest BCUT2D eigenvalue weighted by molar-refractivity contribution is 0.413. The van der Waals surface area contributed by atoms with E-state index in [1.807, 2.05) is 0 Å². The average Bonchev–Trinajstić information content (AvgIpc) is 1.99. The fraction of sp³-hybridized carbons (Fsp3) is 0.778. The normalized spacial score (nSPS) is 45.5. The van der Waals surface area contributed by atoms with Gasteiger partial charge in [-0.2, -0.15) is 11.8 Å². The van der Waals surface area contributed by atoms with Crippen molar-refractivity contribution in [3.05, 3.63) is 12.2 Å². The predicted molar refractivity (Wildman–Crippen MR) is 47.3 cm³/mol. The Morgan fingerprint density at radius 1 is 1.50 bits per heavy atom. The minimum atomic E-state index is 0.882. The monoisotopic (exact) mass is 154 g/mol. The minimum absolute atomic E-state index is 0.882. The highest BCUT2D eigenvalue weighted by atomic mass is 32.2. The van der Waals surface area contributed by atoms with Crippen LogP contribution < -0.4 is 0 Å². The molecule has 1 aliphatic carbocycles. The van der Waals surface area contributed by atoms with E-state index in [4.69, 9.17) is 0 Å². The third-order valence-electron chi connectivity index (χ3n) is 2.66. The van der Waals surface area contributed by atoms with Gasteiger partial charge in [-0.05, 0) is 30.4 Å². The van der Waals surface area contributed by atoms with Gasteiger partial charge in [0.25, 0.3) is 0 Å². The lowest BCUT2D eigenvalue weighted by Gasteiger charge is -2.34. The van der Waals surface area contributed by atoms with Gasteiger partial charge in [0.05, 0.1) is 0 Å². The number of allylic oxidation sites excluding steroid dienone is 2. The zero-order valence-electron chi connectivity index (χ0n) is 6.42. The molecule has 1 fully saturated rings. The Bertz CT molecular complexity index is 151. The zero-order valence-corrected chi connectivity index (χ0v) is 7.23. The molecule has 3 atom stereocenters. The second-order valence-corrected chi connectivity index (χ2v) is 4.88. The van der Waals surface area contributed by atoms with Gasteiger partial charge in [0, 0.05) is 5.25 Å². The highest BCUT2D eigenvalue weighted by Gasteiger charge is 2.27. The van der Waals surface area contributed by atoms with Gasteiger partial charge in [0.2, 0.25) is 0 Å². The molecule has 10 heavy (non-hydrogen) atoms. The van der Waals surface area contributed by atoms with Crippen molar-refractivity contribution >= 4 is 11.8 Å². The third-order valence-corrected chi connectivity index (χ3v) is 4.20. The summed E-state index contributed by atoms with van der Waals surface area (Å²) in [5.41, 5.74) is 0. The van der Waals surface area contributed by atoms with Gasteiger partial charge in [-0.15, -0.1) is 0 Å². The lowest BCUT2D eigenvalue weighted by atomic mass is 9.85. The summed E-state index contributed by atoms with van der Waals surface area (Å²) in [7, 11) is 0. The summed E-state index contributed by atoms with van der Waals surface area (Å²) < 4.78 is 0. The first-order valence-corrected chi connectivity index (χ1v) is 5.19. The number of hydrogen-bond acceptors (Lipinski definition) is 1. The summed E-state index contributed by atoms with van der Waals surface area (Å²) in [6.07, 6.45) is 7.61. The van der Waals surface area contributed by atoms with Crippen molar-refractivity contribution in [2.24, 2.45) is 11.8 Å². The predicted octanol–water partition coefficient (Wildman–Crippen LogP) is 2.70. The maximum absolute atomic E-state index is 2.42. The Morgan fingerprint density at radius 3 is 3.20 bits per heavy atom. The van der Waals surface area contributed by atoms with Crippen LogP contribution in [-0.2, 0) is 0 Å². The van der Waals surface area contributed by atoms with Gasteiger partial charge in [-0.25, -0.2) is 0 Å². The highest BCUT2D eigenvalue weighted by molar-refractivity contribution is 7.99. The van der Waals surface area contributed by atoms with E-state index >= 15 is 0 Å². The maximum Gasteiger partial charge on any atom is 0.00817 e. The van der Waals surface area contributed by atoms with Crippen LogP contribution in [-0.4, -0.2) is 11.0 Å². The van der Waals surface area contributed by atoms with E-state index < -0.39 is 0 Å². The van der Waals surface area contributed by atoms with Crippen LogP contribution in [0.3, 0.4) is 0 Å². The van der Waals surface area contributed by atoms with Gasteiger partial charge in [-0.3, -0.25) is 0 Å². The molecule has 0 aromatic heterocycles. The van der Waals surface area contributed by atoms with Crippen molar-refractivity contribution in [3.63, 3.8) is 0 Å². The molecule has 0 aromatic carbocycles. The SMILES string of the molecule is C[C@@H]1SCC2CC=CC1C2. The first-order chi connectivity index (χ1) is 4.86. The molecule has 2 rings (SSSR count). The molecule has 56 valence electrons. The molecule has 1 heteroatoms. The third kappa shape index (κ3) is 1.12. The quantitative estimate of drug-likeness (QED) is 0.483. The van der Waals surface area contributed by atoms with E-state index in [2.05, 4.69) is 30.8 Å². The number of hydrogen-bond donors (Lipinski definition) is 0. The molecule has 1 heterocycles. The van der Waals surface area contributed by atoms with Crippen molar-refractivity contribution in [1.82, 2.24) is 0 Å². The van der Waals surface area contributed by atoms with Gasteiger partial charge in [0.15, 0.2) is 0 Å². The molecule has 0 saturated carbocycles. The molecular formula is C9H14S. The molecule has 2 unspecified atom stereocenters. The molecule has 2 bridgehead atoms. The van der Waals surface area contributed by atoms with E-state index in [9.17, 15) is 0 Å². The van der Waals surface area contributed by atoms with Crippen molar-refractivity contribution in [1.29, 1.82) is 0 Å². The van der Waals surface area contributed by atoms with E-state index in [0.717, 1.165) is 17.1 Å². The molecule has 0 radical (unpaired) electrons. The Hall–Kier alpha value is 0.0900.